The van der Waals surface area contributed by atoms with Gasteiger partial charge in [0, 0.05) is 17.6 Å². The van der Waals surface area contributed by atoms with Gasteiger partial charge in [0.15, 0.2) is 0 Å². The predicted molar refractivity (Wildman–Crippen MR) is 123 cm³/mol. The van der Waals surface area contributed by atoms with E-state index in [0.717, 1.165) is 30.4 Å². The molecule has 1 aliphatic rings. The molecule has 1 aromatic heterocycles. The maximum absolute atomic E-state index is 13.6. The highest BCUT2D eigenvalue weighted by Gasteiger charge is 2.35. The number of hydrogen-bond donors (Lipinski definition) is 2. The first-order valence-electron chi connectivity index (χ1n) is 11.1. The third-order valence-corrected chi connectivity index (χ3v) is 5.63. The fourth-order valence-corrected chi connectivity index (χ4v) is 3.80. The van der Waals surface area contributed by atoms with Gasteiger partial charge in [0.05, 0.1) is 6.10 Å². The number of nitrogens with zero attached hydrogens (tertiary/aromatic N) is 2. The summed E-state index contributed by atoms with van der Waals surface area (Å²) in [5.74, 6) is 0.780. The Morgan fingerprint density at radius 2 is 1.70 bits per heavy atom. The molecule has 5 nitrogen and oxygen atoms in total. The van der Waals surface area contributed by atoms with Crippen LogP contribution in [-0.2, 0) is 6.18 Å². The van der Waals surface area contributed by atoms with Crippen molar-refractivity contribution >= 4 is 23.1 Å². The molecule has 0 atom stereocenters. The minimum atomic E-state index is -4.59. The Labute approximate surface area is 191 Å². The Morgan fingerprint density at radius 1 is 0.970 bits per heavy atom. The van der Waals surface area contributed by atoms with Crippen LogP contribution in [0.3, 0.4) is 0 Å². The summed E-state index contributed by atoms with van der Waals surface area (Å²) in [6.45, 7) is 4.05. The normalized spacial score (nSPS) is 14.5. The fourth-order valence-electron chi connectivity index (χ4n) is 3.80. The monoisotopic (exact) mass is 456 g/mol. The smallest absolute Gasteiger partial charge is 0.421 e. The second kappa shape index (κ2) is 9.68. The summed E-state index contributed by atoms with van der Waals surface area (Å²) in [5, 5.41) is 5.79. The van der Waals surface area contributed by atoms with E-state index in [9.17, 15) is 13.2 Å². The first-order valence-corrected chi connectivity index (χ1v) is 11.1. The fraction of sp³-hybridized carbons (Fsp3) is 0.360. The van der Waals surface area contributed by atoms with E-state index < -0.39 is 11.7 Å². The van der Waals surface area contributed by atoms with E-state index in [2.05, 4.69) is 20.6 Å². The number of alkyl halides is 3. The van der Waals surface area contributed by atoms with Gasteiger partial charge in [-0.05, 0) is 73.6 Å². The van der Waals surface area contributed by atoms with Crippen LogP contribution in [0.2, 0.25) is 0 Å². The third kappa shape index (κ3) is 5.94. The van der Waals surface area contributed by atoms with Crippen molar-refractivity contribution in [3.8, 4) is 5.75 Å². The molecule has 0 aliphatic heterocycles. The standard InChI is InChI=1S/C25H27F3N4O/c1-16(2)17-6-5-7-19(14-17)30-23-22(25(26,27)28)15-29-24(32-23)31-18-10-12-21(13-11-18)33-20-8-3-4-9-20/h5-7,10-16,20H,3-4,8-9H2,1-2H3,(H2,29,30,31,32). The summed E-state index contributed by atoms with van der Waals surface area (Å²) in [5.41, 5.74) is 1.27. The van der Waals surface area contributed by atoms with E-state index in [-0.39, 0.29) is 23.8 Å². The zero-order valence-electron chi connectivity index (χ0n) is 18.6. The molecule has 2 aromatic carbocycles. The molecule has 4 rings (SSSR count). The van der Waals surface area contributed by atoms with E-state index >= 15 is 0 Å². The molecule has 0 amide bonds. The lowest BCUT2D eigenvalue weighted by atomic mass is 10.0. The lowest BCUT2D eigenvalue weighted by Gasteiger charge is -2.16. The van der Waals surface area contributed by atoms with Crippen molar-refractivity contribution in [2.45, 2.75) is 57.7 Å². The molecular weight excluding hydrogens is 429 g/mol. The Bertz CT molecular complexity index is 1080. The molecule has 1 saturated carbocycles. The van der Waals surface area contributed by atoms with Gasteiger partial charge >= 0.3 is 6.18 Å². The van der Waals surface area contributed by atoms with Gasteiger partial charge in [-0.1, -0.05) is 26.0 Å². The van der Waals surface area contributed by atoms with Gasteiger partial charge in [-0.3, -0.25) is 0 Å². The van der Waals surface area contributed by atoms with Gasteiger partial charge in [0.2, 0.25) is 5.95 Å². The molecule has 0 saturated heterocycles. The van der Waals surface area contributed by atoms with Crippen molar-refractivity contribution in [1.82, 2.24) is 9.97 Å². The van der Waals surface area contributed by atoms with Gasteiger partial charge in [-0.25, -0.2) is 4.98 Å². The van der Waals surface area contributed by atoms with Crippen LogP contribution in [0.25, 0.3) is 0 Å². The highest BCUT2D eigenvalue weighted by Crippen LogP contribution is 2.36. The van der Waals surface area contributed by atoms with Crippen LogP contribution >= 0.6 is 0 Å². The summed E-state index contributed by atoms with van der Waals surface area (Å²) < 4.78 is 46.7. The molecule has 174 valence electrons. The maximum atomic E-state index is 13.6. The zero-order valence-corrected chi connectivity index (χ0v) is 18.6. The average molecular weight is 457 g/mol. The van der Waals surface area contributed by atoms with Gasteiger partial charge in [-0.2, -0.15) is 18.2 Å². The van der Waals surface area contributed by atoms with Crippen molar-refractivity contribution in [3.63, 3.8) is 0 Å². The summed E-state index contributed by atoms with van der Waals surface area (Å²) >= 11 is 0. The topological polar surface area (TPSA) is 59.1 Å². The second-order valence-electron chi connectivity index (χ2n) is 8.53. The average Bonchev–Trinajstić information content (AvgIpc) is 3.28. The Hall–Kier alpha value is -3.29. The van der Waals surface area contributed by atoms with Crippen LogP contribution in [0.15, 0.2) is 54.7 Å². The lowest BCUT2D eigenvalue weighted by Crippen LogP contribution is -2.13. The molecule has 3 aromatic rings. The lowest BCUT2D eigenvalue weighted by molar-refractivity contribution is -0.137. The van der Waals surface area contributed by atoms with Crippen LogP contribution in [0.4, 0.5) is 36.3 Å². The predicted octanol–water partition coefficient (Wildman–Crippen LogP) is 7.43. The van der Waals surface area contributed by atoms with Crippen LogP contribution in [0.1, 0.15) is 56.6 Å². The number of anilines is 4. The van der Waals surface area contributed by atoms with E-state index in [4.69, 9.17) is 4.74 Å². The van der Waals surface area contributed by atoms with Crippen molar-refractivity contribution in [1.29, 1.82) is 0 Å². The second-order valence-corrected chi connectivity index (χ2v) is 8.53. The first kappa shape index (κ1) is 22.9. The highest BCUT2D eigenvalue weighted by molar-refractivity contribution is 5.63. The molecule has 0 bridgehead atoms. The van der Waals surface area contributed by atoms with Crippen LogP contribution in [0, 0.1) is 0 Å². The quantitative estimate of drug-likeness (QED) is 0.387. The molecule has 1 aliphatic carbocycles. The van der Waals surface area contributed by atoms with Crippen molar-refractivity contribution in [3.05, 3.63) is 65.9 Å². The van der Waals surface area contributed by atoms with E-state index in [1.54, 1.807) is 24.3 Å². The summed E-state index contributed by atoms with van der Waals surface area (Å²) in [6.07, 6.45) is 0.966. The Morgan fingerprint density at radius 3 is 2.36 bits per heavy atom. The molecule has 0 radical (unpaired) electrons. The molecule has 1 heterocycles. The third-order valence-electron chi connectivity index (χ3n) is 5.63. The molecular formula is C25H27F3N4O. The highest BCUT2D eigenvalue weighted by atomic mass is 19.4. The number of hydrogen-bond acceptors (Lipinski definition) is 5. The Balaban J connectivity index is 1.53. The van der Waals surface area contributed by atoms with Gasteiger partial charge in [0.25, 0.3) is 0 Å². The van der Waals surface area contributed by atoms with Gasteiger partial charge < -0.3 is 15.4 Å². The molecule has 2 N–H and O–H groups in total. The number of ether oxygens (including phenoxy) is 1. The molecule has 0 unspecified atom stereocenters. The number of benzene rings is 2. The van der Waals surface area contributed by atoms with Crippen molar-refractivity contribution in [2.24, 2.45) is 0 Å². The number of rotatable bonds is 7. The SMILES string of the molecule is CC(C)c1cccc(Nc2nc(Nc3ccc(OC4CCCC4)cc3)ncc2C(F)(F)F)c1. The zero-order chi connectivity index (χ0) is 23.4. The molecule has 0 spiro atoms. The van der Waals surface area contributed by atoms with Crippen LogP contribution < -0.4 is 15.4 Å². The summed E-state index contributed by atoms with van der Waals surface area (Å²) in [4.78, 5) is 8.01. The molecule has 8 heteroatoms. The van der Waals surface area contributed by atoms with Crippen molar-refractivity contribution in [2.75, 3.05) is 10.6 Å². The minimum Gasteiger partial charge on any atom is -0.490 e. The summed E-state index contributed by atoms with van der Waals surface area (Å²) in [6, 6.07) is 14.5. The number of halogens is 3. The van der Waals surface area contributed by atoms with Crippen molar-refractivity contribution < 1.29 is 17.9 Å². The maximum Gasteiger partial charge on any atom is 0.421 e. The number of nitrogens with one attached hydrogen (secondary N) is 2. The van der Waals surface area contributed by atoms with Crippen LogP contribution in [0.5, 0.6) is 5.75 Å². The first-order chi connectivity index (χ1) is 15.8. The van der Waals surface area contributed by atoms with E-state index in [0.29, 0.717) is 11.4 Å². The largest absolute Gasteiger partial charge is 0.490 e. The van der Waals surface area contributed by atoms with Gasteiger partial charge in [0.1, 0.15) is 17.1 Å². The van der Waals surface area contributed by atoms with E-state index in [1.807, 2.05) is 38.1 Å². The Kier molecular flexibility index (Phi) is 6.72. The molecule has 33 heavy (non-hydrogen) atoms. The minimum absolute atomic E-state index is 0.0648. The number of aromatic nitrogens is 2. The summed E-state index contributed by atoms with van der Waals surface area (Å²) in [7, 11) is 0. The molecule has 1 fully saturated rings. The van der Waals surface area contributed by atoms with Crippen LogP contribution in [-0.4, -0.2) is 16.1 Å². The van der Waals surface area contributed by atoms with Gasteiger partial charge in [-0.15, -0.1) is 0 Å². The van der Waals surface area contributed by atoms with E-state index in [1.165, 1.54) is 12.8 Å².